The van der Waals surface area contributed by atoms with Gasteiger partial charge in [0, 0.05) is 24.5 Å². The molecule has 1 N–H and O–H groups in total. The van der Waals surface area contributed by atoms with Gasteiger partial charge in [-0.1, -0.05) is 91.3 Å². The number of halogens is 1. The zero-order valence-corrected chi connectivity index (χ0v) is 25.9. The van der Waals surface area contributed by atoms with Crippen LogP contribution in [0.15, 0.2) is 114 Å². The van der Waals surface area contributed by atoms with Crippen molar-refractivity contribution in [3.8, 4) is 0 Å². The highest BCUT2D eigenvalue weighted by Gasteiger charge is 2.34. The van der Waals surface area contributed by atoms with Crippen LogP contribution in [0.25, 0.3) is 0 Å². The molecule has 2 amide bonds. The molecule has 0 aliphatic heterocycles. The number of nitrogens with zero attached hydrogens (tertiary/aromatic N) is 2. The third-order valence-corrected chi connectivity index (χ3v) is 9.03. The van der Waals surface area contributed by atoms with Gasteiger partial charge in [-0.15, -0.1) is 0 Å². The topological polar surface area (TPSA) is 86.8 Å². The number of carbonyl (C=O) groups is 2. The Morgan fingerprint density at radius 2 is 1.49 bits per heavy atom. The Balaban J connectivity index is 1.78. The highest BCUT2D eigenvalue weighted by molar-refractivity contribution is 7.92. The van der Waals surface area contributed by atoms with Crippen LogP contribution in [0.1, 0.15) is 30.0 Å². The van der Waals surface area contributed by atoms with E-state index in [0.29, 0.717) is 17.3 Å². The van der Waals surface area contributed by atoms with Crippen molar-refractivity contribution in [1.82, 2.24) is 10.2 Å². The van der Waals surface area contributed by atoms with Crippen molar-refractivity contribution in [3.63, 3.8) is 0 Å². The van der Waals surface area contributed by atoms with Crippen LogP contribution in [0.5, 0.6) is 0 Å². The molecule has 4 rings (SSSR count). The minimum atomic E-state index is -4.13. The van der Waals surface area contributed by atoms with Crippen molar-refractivity contribution in [1.29, 1.82) is 0 Å². The van der Waals surface area contributed by atoms with Gasteiger partial charge in [0.1, 0.15) is 12.6 Å². The summed E-state index contributed by atoms with van der Waals surface area (Å²) in [5, 5.41) is 3.49. The van der Waals surface area contributed by atoms with Crippen molar-refractivity contribution < 1.29 is 18.0 Å². The smallest absolute Gasteiger partial charge is 0.264 e. The highest BCUT2D eigenvalue weighted by Crippen LogP contribution is 2.26. The van der Waals surface area contributed by atoms with Crippen LogP contribution in [0, 0.1) is 6.92 Å². The molecule has 0 aliphatic carbocycles. The molecule has 0 aromatic heterocycles. The Hall–Kier alpha value is -4.14. The lowest BCUT2D eigenvalue weighted by molar-refractivity contribution is -0.140. The summed E-state index contributed by atoms with van der Waals surface area (Å²) in [7, 11) is -4.13. The van der Waals surface area contributed by atoms with E-state index in [1.165, 1.54) is 17.0 Å². The SMILES string of the molecule is CCCNC(=O)[C@@H](Cc1ccccc1)N(Cc1ccc(Cl)cc1)C(=O)CN(c1cccc(C)c1)S(=O)(=O)c1ccccc1. The molecule has 0 saturated heterocycles. The standard InChI is InChI=1S/C34H36ClN3O4S/c1-3-21-36-34(40)32(23-27-12-6-4-7-13-27)37(24-28-17-19-29(35)20-18-28)33(39)25-38(30-14-10-11-26(2)22-30)43(41,42)31-15-8-5-9-16-31/h4-20,22,32H,3,21,23-25H2,1-2H3,(H,36,40)/t32-/m1/s1. The van der Waals surface area contributed by atoms with Gasteiger partial charge in [0.25, 0.3) is 10.0 Å². The molecule has 224 valence electrons. The van der Waals surface area contributed by atoms with Gasteiger partial charge in [-0.05, 0) is 66.4 Å². The molecule has 9 heteroatoms. The second-order valence-corrected chi connectivity index (χ2v) is 12.6. The van der Waals surface area contributed by atoms with E-state index in [2.05, 4.69) is 5.32 Å². The van der Waals surface area contributed by atoms with E-state index in [1.54, 1.807) is 60.7 Å². The minimum absolute atomic E-state index is 0.0649. The van der Waals surface area contributed by atoms with E-state index < -0.39 is 28.5 Å². The molecule has 1 atom stereocenters. The monoisotopic (exact) mass is 617 g/mol. The van der Waals surface area contributed by atoms with Crippen LogP contribution in [-0.2, 0) is 32.6 Å². The third kappa shape index (κ3) is 8.46. The fourth-order valence-corrected chi connectivity index (χ4v) is 6.29. The van der Waals surface area contributed by atoms with E-state index in [9.17, 15) is 18.0 Å². The number of benzene rings is 4. The fourth-order valence-electron chi connectivity index (χ4n) is 4.74. The first-order valence-electron chi connectivity index (χ1n) is 14.2. The third-order valence-electron chi connectivity index (χ3n) is 6.99. The summed E-state index contributed by atoms with van der Waals surface area (Å²) < 4.78 is 29.1. The number of carbonyl (C=O) groups excluding carboxylic acids is 2. The van der Waals surface area contributed by atoms with Gasteiger partial charge < -0.3 is 10.2 Å². The van der Waals surface area contributed by atoms with Gasteiger partial charge in [0.15, 0.2) is 0 Å². The van der Waals surface area contributed by atoms with Crippen molar-refractivity contribution in [3.05, 3.63) is 131 Å². The zero-order chi connectivity index (χ0) is 30.8. The molecule has 0 spiro atoms. The molecule has 0 heterocycles. The van der Waals surface area contributed by atoms with E-state index in [-0.39, 0.29) is 23.8 Å². The zero-order valence-electron chi connectivity index (χ0n) is 24.3. The summed E-state index contributed by atoms with van der Waals surface area (Å²) >= 11 is 6.13. The fraction of sp³-hybridized carbons (Fsp3) is 0.235. The molecular weight excluding hydrogens is 582 g/mol. The maximum Gasteiger partial charge on any atom is 0.264 e. The number of aryl methyl sites for hydroxylation is 1. The molecule has 0 radical (unpaired) electrons. The normalized spacial score (nSPS) is 11.9. The lowest BCUT2D eigenvalue weighted by atomic mass is 10.0. The van der Waals surface area contributed by atoms with Gasteiger partial charge in [0.2, 0.25) is 11.8 Å². The Labute approximate surface area is 259 Å². The van der Waals surface area contributed by atoms with Gasteiger partial charge in [-0.3, -0.25) is 13.9 Å². The Morgan fingerprint density at radius 3 is 2.12 bits per heavy atom. The molecule has 0 fully saturated rings. The van der Waals surface area contributed by atoms with Gasteiger partial charge in [-0.25, -0.2) is 8.42 Å². The number of hydrogen-bond donors (Lipinski definition) is 1. The first-order valence-corrected chi connectivity index (χ1v) is 16.0. The van der Waals surface area contributed by atoms with Crippen molar-refractivity contribution in [2.24, 2.45) is 0 Å². The molecule has 43 heavy (non-hydrogen) atoms. The number of sulfonamides is 1. The molecule has 0 unspecified atom stereocenters. The lowest BCUT2D eigenvalue weighted by Gasteiger charge is -2.34. The quantitative estimate of drug-likeness (QED) is 0.199. The van der Waals surface area contributed by atoms with E-state index >= 15 is 0 Å². The summed E-state index contributed by atoms with van der Waals surface area (Å²) in [6.07, 6.45) is 0.983. The predicted molar refractivity (Wildman–Crippen MR) is 171 cm³/mol. The van der Waals surface area contributed by atoms with Crippen LogP contribution >= 0.6 is 11.6 Å². The maximum atomic E-state index is 14.4. The average molecular weight is 618 g/mol. The number of amides is 2. The largest absolute Gasteiger partial charge is 0.354 e. The first-order chi connectivity index (χ1) is 20.7. The van der Waals surface area contributed by atoms with Crippen molar-refractivity contribution in [2.75, 3.05) is 17.4 Å². The summed E-state index contributed by atoms with van der Waals surface area (Å²) in [6.45, 7) is 3.85. The minimum Gasteiger partial charge on any atom is -0.354 e. The molecule has 0 saturated carbocycles. The molecule has 4 aromatic rings. The predicted octanol–water partition coefficient (Wildman–Crippen LogP) is 6.01. The summed E-state index contributed by atoms with van der Waals surface area (Å²) in [4.78, 5) is 29.6. The van der Waals surface area contributed by atoms with E-state index in [0.717, 1.165) is 27.4 Å². The van der Waals surface area contributed by atoms with Crippen LogP contribution in [0.2, 0.25) is 5.02 Å². The van der Waals surface area contributed by atoms with Gasteiger partial charge in [0.05, 0.1) is 10.6 Å². The maximum absolute atomic E-state index is 14.4. The van der Waals surface area contributed by atoms with Crippen molar-refractivity contribution >= 4 is 39.1 Å². The number of anilines is 1. The Bertz CT molecular complexity index is 1610. The van der Waals surface area contributed by atoms with E-state index in [1.807, 2.05) is 50.2 Å². The van der Waals surface area contributed by atoms with Gasteiger partial charge in [-0.2, -0.15) is 0 Å². The second kappa shape index (κ2) is 14.8. The Morgan fingerprint density at radius 1 is 0.837 bits per heavy atom. The summed E-state index contributed by atoms with van der Waals surface area (Å²) in [5.74, 6) is -0.815. The lowest BCUT2D eigenvalue weighted by Crippen LogP contribution is -2.53. The first kappa shape index (κ1) is 31.8. The van der Waals surface area contributed by atoms with Crippen LogP contribution in [-0.4, -0.2) is 44.3 Å². The molecule has 0 bridgehead atoms. The van der Waals surface area contributed by atoms with Crippen LogP contribution in [0.4, 0.5) is 5.69 Å². The second-order valence-electron chi connectivity index (χ2n) is 10.3. The average Bonchev–Trinajstić information content (AvgIpc) is 3.02. The number of nitrogens with one attached hydrogen (secondary N) is 1. The molecule has 4 aromatic carbocycles. The molecular formula is C34H36ClN3O4S. The summed E-state index contributed by atoms with van der Waals surface area (Å²) in [5.41, 5.74) is 2.84. The number of hydrogen-bond acceptors (Lipinski definition) is 4. The van der Waals surface area contributed by atoms with Crippen LogP contribution in [0.3, 0.4) is 0 Å². The van der Waals surface area contributed by atoms with Crippen molar-refractivity contribution in [2.45, 2.75) is 44.2 Å². The van der Waals surface area contributed by atoms with Crippen LogP contribution < -0.4 is 9.62 Å². The van der Waals surface area contributed by atoms with Gasteiger partial charge >= 0.3 is 0 Å². The number of rotatable bonds is 13. The molecule has 0 aliphatic rings. The highest BCUT2D eigenvalue weighted by atomic mass is 35.5. The Kier molecular flexibility index (Phi) is 11.0. The summed E-state index contributed by atoms with van der Waals surface area (Å²) in [6, 6.07) is 30.7. The molecule has 7 nitrogen and oxygen atoms in total. The van der Waals surface area contributed by atoms with E-state index in [4.69, 9.17) is 11.6 Å².